The molecule has 3 nitrogen and oxygen atoms in total. The number of hydrogen-bond acceptors (Lipinski definition) is 3. The van der Waals surface area contributed by atoms with E-state index in [1.807, 2.05) is 0 Å². The van der Waals surface area contributed by atoms with Gasteiger partial charge in [0.25, 0.3) is 0 Å². The molecule has 3 fully saturated rings. The normalized spacial score (nSPS) is 31.8. The molecule has 51 heavy (non-hydrogen) atoms. The molecule has 0 bridgehead atoms. The van der Waals surface area contributed by atoms with Crippen molar-refractivity contribution in [3.05, 3.63) is 23.8 Å². The molecule has 0 saturated heterocycles. The highest BCUT2D eigenvalue weighted by Crippen LogP contribution is 2.67. The summed E-state index contributed by atoms with van der Waals surface area (Å²) in [6.45, 7) is 17.1. The van der Waals surface area contributed by atoms with Crippen molar-refractivity contribution >= 4 is 0 Å². The summed E-state index contributed by atoms with van der Waals surface area (Å²) >= 11 is 0. The number of unbranched alkanes of at least 4 members (excludes halogenated alkanes) is 12. The molecule has 2 N–H and O–H groups in total. The molecule has 3 saturated carbocycles. The lowest BCUT2D eigenvalue weighted by atomic mass is 9.47. The van der Waals surface area contributed by atoms with E-state index >= 15 is 0 Å². The molecule has 0 aromatic rings. The molecule has 4 aliphatic rings. The summed E-state index contributed by atoms with van der Waals surface area (Å²) in [5, 5.41) is 0. The van der Waals surface area contributed by atoms with Crippen LogP contribution in [0.5, 0.6) is 0 Å². The fourth-order valence-corrected chi connectivity index (χ4v) is 11.9. The van der Waals surface area contributed by atoms with Crippen LogP contribution in [-0.4, -0.2) is 32.0 Å². The highest BCUT2D eigenvalue weighted by molar-refractivity contribution is 5.25. The van der Waals surface area contributed by atoms with Crippen molar-refractivity contribution in [3.63, 3.8) is 0 Å². The van der Waals surface area contributed by atoms with Crippen LogP contribution in [0.4, 0.5) is 0 Å². The first-order chi connectivity index (χ1) is 24.7. The maximum Gasteiger partial charge on any atom is 0.0934 e. The number of rotatable bonds is 26. The van der Waals surface area contributed by atoms with E-state index in [2.05, 4.69) is 59.8 Å². The minimum Gasteiger partial charge on any atom is -0.379 e. The quantitative estimate of drug-likeness (QED) is 0.0718. The second-order valence-electron chi connectivity index (χ2n) is 19.2. The minimum absolute atomic E-state index is 0.0266. The van der Waals surface area contributed by atoms with Gasteiger partial charge < -0.3 is 15.2 Å². The molecule has 0 aromatic carbocycles. The van der Waals surface area contributed by atoms with Gasteiger partial charge in [0.15, 0.2) is 0 Å². The van der Waals surface area contributed by atoms with Crippen molar-refractivity contribution in [2.75, 3.05) is 19.8 Å². The van der Waals surface area contributed by atoms with E-state index in [1.165, 1.54) is 148 Å². The molecule has 0 heterocycles. The van der Waals surface area contributed by atoms with Gasteiger partial charge in [-0.05, 0) is 130 Å². The maximum absolute atomic E-state index is 6.68. The van der Waals surface area contributed by atoms with Crippen molar-refractivity contribution in [3.8, 4) is 0 Å². The first-order valence-corrected chi connectivity index (χ1v) is 23.0. The minimum atomic E-state index is 0.0266. The van der Waals surface area contributed by atoms with Crippen molar-refractivity contribution in [2.24, 2.45) is 52.1 Å². The molecule has 4 aliphatic carbocycles. The molecule has 3 heteroatoms. The highest BCUT2D eigenvalue weighted by Gasteiger charge is 2.59. The predicted octanol–water partition coefficient (Wildman–Crippen LogP) is 13.8. The first kappa shape index (κ1) is 43.1. The Balaban J connectivity index is 1.08. The Bertz CT molecular complexity index is 1000. The lowest BCUT2D eigenvalue weighted by Gasteiger charge is -2.58. The van der Waals surface area contributed by atoms with Crippen LogP contribution >= 0.6 is 0 Å². The molecule has 0 spiro atoms. The number of hydrogen-bond donors (Lipinski definition) is 1. The standard InChI is InChI=1S/C48H87NO2/c1-7-8-9-10-11-12-13-14-15-16-17-18-19-20-21-22-34-50-37-42(36-49)51-41-30-32-47(5)40(35-41)26-27-43-45-29-28-44(39(4)25-23-24-38(2)3)48(45,6)33-31-46(43)47/h14-15,26,38-39,41-46H,7-13,16-25,27-37,49H2,1-6H3/b15-14-/t39-,41+,42?,43+,44-,45+,46+,47+,48-/m1/s1. The zero-order valence-electron chi connectivity index (χ0n) is 35.0. The molecule has 0 aliphatic heterocycles. The monoisotopic (exact) mass is 710 g/mol. The van der Waals surface area contributed by atoms with Gasteiger partial charge in [0.1, 0.15) is 0 Å². The van der Waals surface area contributed by atoms with E-state index in [9.17, 15) is 0 Å². The van der Waals surface area contributed by atoms with Crippen LogP contribution in [0.3, 0.4) is 0 Å². The first-order valence-electron chi connectivity index (χ1n) is 23.0. The molecular weight excluding hydrogens is 623 g/mol. The average molecular weight is 710 g/mol. The average Bonchev–Trinajstić information content (AvgIpc) is 3.47. The Morgan fingerprint density at radius 3 is 2.16 bits per heavy atom. The van der Waals surface area contributed by atoms with Crippen LogP contribution in [-0.2, 0) is 9.47 Å². The summed E-state index contributed by atoms with van der Waals surface area (Å²) in [7, 11) is 0. The van der Waals surface area contributed by atoms with E-state index in [0.717, 1.165) is 55.0 Å². The van der Waals surface area contributed by atoms with Gasteiger partial charge in [-0.2, -0.15) is 0 Å². The molecular formula is C48H87NO2. The van der Waals surface area contributed by atoms with Gasteiger partial charge in [-0.1, -0.05) is 142 Å². The summed E-state index contributed by atoms with van der Waals surface area (Å²) in [4.78, 5) is 0. The Hall–Kier alpha value is -0.640. The third kappa shape index (κ3) is 12.7. The smallest absolute Gasteiger partial charge is 0.0934 e. The van der Waals surface area contributed by atoms with Gasteiger partial charge in [-0.25, -0.2) is 0 Å². The Kier molecular flexibility index (Phi) is 19.2. The van der Waals surface area contributed by atoms with Crippen molar-refractivity contribution in [1.29, 1.82) is 0 Å². The molecule has 9 atom stereocenters. The zero-order chi connectivity index (χ0) is 36.5. The number of allylic oxidation sites excluding steroid dienone is 3. The van der Waals surface area contributed by atoms with Gasteiger partial charge in [0.05, 0.1) is 18.8 Å². The van der Waals surface area contributed by atoms with E-state index in [1.54, 1.807) is 5.57 Å². The Labute approximate surface area is 318 Å². The molecule has 0 radical (unpaired) electrons. The lowest BCUT2D eigenvalue weighted by molar-refractivity contribution is -0.0876. The number of ether oxygens (including phenoxy) is 2. The Morgan fingerprint density at radius 1 is 0.784 bits per heavy atom. The van der Waals surface area contributed by atoms with Crippen molar-refractivity contribution in [2.45, 2.75) is 214 Å². The van der Waals surface area contributed by atoms with Gasteiger partial charge >= 0.3 is 0 Å². The van der Waals surface area contributed by atoms with Gasteiger partial charge in [0, 0.05) is 13.2 Å². The van der Waals surface area contributed by atoms with Crippen molar-refractivity contribution in [1.82, 2.24) is 0 Å². The fourth-order valence-electron chi connectivity index (χ4n) is 11.9. The summed E-state index contributed by atoms with van der Waals surface area (Å²) in [6, 6.07) is 0. The maximum atomic E-state index is 6.68. The lowest BCUT2D eigenvalue weighted by Crippen LogP contribution is -2.51. The Morgan fingerprint density at radius 2 is 1.47 bits per heavy atom. The van der Waals surface area contributed by atoms with Crippen LogP contribution in [0.25, 0.3) is 0 Å². The summed E-state index contributed by atoms with van der Waals surface area (Å²) in [6.07, 6.45) is 41.7. The third-order valence-corrected chi connectivity index (χ3v) is 15.0. The van der Waals surface area contributed by atoms with E-state index in [0.29, 0.717) is 30.1 Å². The number of fused-ring (bicyclic) bond motifs is 5. The van der Waals surface area contributed by atoms with Gasteiger partial charge in [0.2, 0.25) is 0 Å². The summed E-state index contributed by atoms with van der Waals surface area (Å²) in [5.74, 6) is 5.37. The molecule has 0 aromatic heterocycles. The second-order valence-corrected chi connectivity index (χ2v) is 19.2. The highest BCUT2D eigenvalue weighted by atomic mass is 16.5. The summed E-state index contributed by atoms with van der Waals surface area (Å²) < 4.78 is 12.8. The van der Waals surface area contributed by atoms with Crippen LogP contribution in [0.1, 0.15) is 202 Å². The third-order valence-electron chi connectivity index (χ3n) is 15.0. The van der Waals surface area contributed by atoms with Gasteiger partial charge in [-0.3, -0.25) is 0 Å². The van der Waals surface area contributed by atoms with Crippen LogP contribution in [0.2, 0.25) is 0 Å². The number of nitrogens with two attached hydrogens (primary N) is 1. The topological polar surface area (TPSA) is 44.5 Å². The second kappa shape index (κ2) is 22.7. The zero-order valence-corrected chi connectivity index (χ0v) is 35.0. The molecule has 4 rings (SSSR count). The van der Waals surface area contributed by atoms with Crippen LogP contribution in [0.15, 0.2) is 23.8 Å². The van der Waals surface area contributed by atoms with Crippen LogP contribution in [0, 0.1) is 46.3 Å². The van der Waals surface area contributed by atoms with Gasteiger partial charge in [-0.15, -0.1) is 0 Å². The molecule has 1 unspecified atom stereocenters. The van der Waals surface area contributed by atoms with E-state index < -0.39 is 0 Å². The predicted molar refractivity (Wildman–Crippen MR) is 221 cm³/mol. The fraction of sp³-hybridized carbons (Fsp3) is 0.917. The van der Waals surface area contributed by atoms with Crippen LogP contribution < -0.4 is 5.73 Å². The molecule has 296 valence electrons. The largest absolute Gasteiger partial charge is 0.379 e. The molecule has 0 amide bonds. The van der Waals surface area contributed by atoms with E-state index in [4.69, 9.17) is 15.2 Å². The SMILES string of the molecule is CCCCCCCC/C=C\CCCCCCCCOCC(CN)O[C@H]1CC[C@@]2(C)C(=CC[C@H]3[C@@H]4CC[C@H]([C@H](C)CCCC(C)C)[C@@]4(C)CC[C@@H]32)C1. The van der Waals surface area contributed by atoms with E-state index in [-0.39, 0.29) is 6.10 Å². The van der Waals surface area contributed by atoms with Crippen molar-refractivity contribution < 1.29 is 9.47 Å². The summed E-state index contributed by atoms with van der Waals surface area (Å²) in [5.41, 5.74) is 8.89.